The van der Waals surface area contributed by atoms with E-state index in [1.165, 1.54) is 34.4 Å². The molecule has 2 N–H and O–H groups in total. The molecular weight excluding hydrogens is 577 g/mol. The third-order valence-corrected chi connectivity index (χ3v) is 8.57. The summed E-state index contributed by atoms with van der Waals surface area (Å²) in [5.41, 5.74) is 9.12. The van der Waals surface area contributed by atoms with Gasteiger partial charge in [0.05, 0.1) is 5.56 Å². The van der Waals surface area contributed by atoms with Gasteiger partial charge in [-0.15, -0.1) is 0 Å². The van der Waals surface area contributed by atoms with Crippen LogP contribution in [0.1, 0.15) is 43.0 Å². The molecule has 2 aliphatic rings. The highest BCUT2D eigenvalue weighted by atomic mass is 19.1. The maximum absolute atomic E-state index is 13.5. The molecule has 0 radical (unpaired) electrons. The molecule has 228 valence electrons. The predicted molar refractivity (Wildman–Crippen MR) is 177 cm³/mol. The van der Waals surface area contributed by atoms with E-state index in [0.29, 0.717) is 46.5 Å². The van der Waals surface area contributed by atoms with Crippen LogP contribution in [0.5, 0.6) is 0 Å². The van der Waals surface area contributed by atoms with Gasteiger partial charge in [-0.05, 0) is 81.9 Å². The van der Waals surface area contributed by atoms with Crippen molar-refractivity contribution in [2.45, 2.75) is 26.2 Å². The Morgan fingerprint density at radius 3 is 1.98 bits per heavy atom. The van der Waals surface area contributed by atoms with Gasteiger partial charge in [0.15, 0.2) is 0 Å². The van der Waals surface area contributed by atoms with Gasteiger partial charge < -0.3 is 20.0 Å². The zero-order valence-corrected chi connectivity index (χ0v) is 25.3. The van der Waals surface area contributed by atoms with Crippen molar-refractivity contribution in [1.29, 1.82) is 0 Å². The highest BCUT2D eigenvalue weighted by Gasteiger charge is 2.25. The van der Waals surface area contributed by atoms with Crippen molar-refractivity contribution < 1.29 is 18.4 Å². The van der Waals surface area contributed by atoms with E-state index >= 15 is 0 Å². The quantitative estimate of drug-likeness (QED) is 0.215. The van der Waals surface area contributed by atoms with Gasteiger partial charge in [-0.25, -0.2) is 4.39 Å². The third kappa shape index (κ3) is 5.69. The molecule has 3 heterocycles. The summed E-state index contributed by atoms with van der Waals surface area (Å²) in [6.45, 7) is 3.30. The molecule has 0 atom stereocenters. The SMILES string of the molecule is CNC(=O)c1c(-c2ccc(F)cc2)oc2ccc(-c3cccc(C(=O)N4Cc5ccccc5C4)c3)cc12.c1ccc2c(c1)CNC2. The van der Waals surface area contributed by atoms with Crippen LogP contribution in [0.2, 0.25) is 0 Å². The summed E-state index contributed by atoms with van der Waals surface area (Å²) in [5.74, 6) is -0.306. The molecular formula is C39H32FN3O3. The number of benzene rings is 5. The number of nitrogens with one attached hydrogen (secondary N) is 2. The minimum atomic E-state index is -0.365. The number of halogens is 1. The van der Waals surface area contributed by atoms with Crippen molar-refractivity contribution in [2.75, 3.05) is 7.05 Å². The molecule has 0 unspecified atom stereocenters. The first-order valence-corrected chi connectivity index (χ1v) is 15.3. The minimum Gasteiger partial charge on any atom is -0.455 e. The van der Waals surface area contributed by atoms with Crippen LogP contribution in [0.4, 0.5) is 4.39 Å². The third-order valence-electron chi connectivity index (χ3n) is 8.57. The molecule has 0 spiro atoms. The zero-order chi connectivity index (χ0) is 31.6. The smallest absolute Gasteiger partial charge is 0.255 e. The highest BCUT2D eigenvalue weighted by molar-refractivity contribution is 6.12. The van der Waals surface area contributed by atoms with Crippen molar-refractivity contribution in [2.24, 2.45) is 0 Å². The Morgan fingerprint density at radius 1 is 0.717 bits per heavy atom. The molecule has 7 heteroatoms. The molecule has 1 aromatic heterocycles. The Bertz CT molecular complexity index is 2040. The molecule has 0 aliphatic carbocycles. The number of rotatable bonds is 4. The number of carbonyl (C=O) groups excluding carboxylic acids is 2. The standard InChI is InChI=1S/C31H23FN2O3.C8H9N/c1-33-30(35)28-26-16-21(11-14-27(26)37-29(28)19-9-12-25(32)13-10-19)20-7-4-8-22(15-20)31(36)34-17-23-5-2-3-6-24(23)18-34;1-2-4-8-6-9-5-7(8)3-1/h2-16H,17-18H2,1H3,(H,33,35);1-4,9H,5-6H2. The fourth-order valence-corrected chi connectivity index (χ4v) is 6.16. The van der Waals surface area contributed by atoms with E-state index in [1.807, 2.05) is 59.5 Å². The molecule has 8 rings (SSSR count). The molecule has 2 amide bonds. The lowest BCUT2D eigenvalue weighted by atomic mass is 9.99. The summed E-state index contributed by atoms with van der Waals surface area (Å²) in [6.07, 6.45) is 0. The fourth-order valence-electron chi connectivity index (χ4n) is 6.16. The first kappa shape index (κ1) is 29.2. The molecule has 6 aromatic rings. The number of carbonyl (C=O) groups is 2. The van der Waals surface area contributed by atoms with Crippen LogP contribution >= 0.6 is 0 Å². The second kappa shape index (κ2) is 12.5. The number of nitrogens with zero attached hydrogens (tertiary/aromatic N) is 1. The van der Waals surface area contributed by atoms with E-state index in [0.717, 1.165) is 24.2 Å². The zero-order valence-electron chi connectivity index (χ0n) is 25.3. The van der Waals surface area contributed by atoms with Gasteiger partial charge in [-0.3, -0.25) is 9.59 Å². The predicted octanol–water partition coefficient (Wildman–Crippen LogP) is 7.71. The van der Waals surface area contributed by atoms with Gasteiger partial charge in [-0.1, -0.05) is 66.7 Å². The van der Waals surface area contributed by atoms with E-state index < -0.39 is 0 Å². The van der Waals surface area contributed by atoms with E-state index in [1.54, 1.807) is 19.2 Å². The summed E-state index contributed by atoms with van der Waals surface area (Å²) in [4.78, 5) is 28.0. The molecule has 0 fully saturated rings. The van der Waals surface area contributed by atoms with Crippen LogP contribution in [0, 0.1) is 5.82 Å². The van der Waals surface area contributed by atoms with Crippen molar-refractivity contribution in [3.63, 3.8) is 0 Å². The summed E-state index contributed by atoms with van der Waals surface area (Å²) in [6, 6.07) is 35.6. The van der Waals surface area contributed by atoms with Crippen LogP contribution < -0.4 is 10.6 Å². The average molecular weight is 610 g/mol. The molecule has 0 saturated heterocycles. The minimum absolute atomic E-state index is 0.0212. The van der Waals surface area contributed by atoms with Gasteiger partial charge in [0.1, 0.15) is 17.2 Å². The van der Waals surface area contributed by atoms with Crippen LogP contribution in [0.15, 0.2) is 120 Å². The lowest BCUT2D eigenvalue weighted by molar-refractivity contribution is 0.0751. The van der Waals surface area contributed by atoms with Crippen molar-refractivity contribution >= 4 is 22.8 Å². The monoisotopic (exact) mass is 609 g/mol. The molecule has 0 bridgehead atoms. The number of fused-ring (bicyclic) bond motifs is 3. The lowest BCUT2D eigenvalue weighted by Crippen LogP contribution is -2.25. The van der Waals surface area contributed by atoms with Crippen molar-refractivity contribution in [3.8, 4) is 22.5 Å². The number of furan rings is 1. The summed E-state index contributed by atoms with van der Waals surface area (Å²) in [7, 11) is 1.56. The van der Waals surface area contributed by atoms with E-state index in [4.69, 9.17) is 4.42 Å². The Morgan fingerprint density at radius 2 is 1.33 bits per heavy atom. The van der Waals surface area contributed by atoms with Crippen molar-refractivity contribution in [3.05, 3.63) is 154 Å². The van der Waals surface area contributed by atoms with Gasteiger partial charge >= 0.3 is 0 Å². The number of hydrogen-bond acceptors (Lipinski definition) is 4. The summed E-state index contributed by atoms with van der Waals surface area (Å²) < 4.78 is 19.5. The average Bonchev–Trinajstić information content (AvgIpc) is 3.85. The Kier molecular flexibility index (Phi) is 7.91. The normalized spacial score (nSPS) is 13.1. The van der Waals surface area contributed by atoms with Crippen molar-refractivity contribution in [1.82, 2.24) is 15.5 Å². The molecule has 6 nitrogen and oxygen atoms in total. The molecule has 2 aliphatic heterocycles. The van der Waals surface area contributed by atoms with E-state index in [2.05, 4.69) is 47.0 Å². The van der Waals surface area contributed by atoms with Crippen LogP contribution in [0.3, 0.4) is 0 Å². The Labute approximate surface area is 266 Å². The Balaban J connectivity index is 0.000000321. The van der Waals surface area contributed by atoms with Gasteiger partial charge in [-0.2, -0.15) is 0 Å². The topological polar surface area (TPSA) is 74.6 Å². The first-order valence-electron chi connectivity index (χ1n) is 15.3. The van der Waals surface area contributed by atoms with Gasteiger partial charge in [0.25, 0.3) is 11.8 Å². The van der Waals surface area contributed by atoms with Crippen LogP contribution in [0.25, 0.3) is 33.4 Å². The summed E-state index contributed by atoms with van der Waals surface area (Å²) in [5, 5.41) is 6.61. The van der Waals surface area contributed by atoms with E-state index in [9.17, 15) is 14.0 Å². The lowest BCUT2D eigenvalue weighted by Gasteiger charge is -2.16. The first-order chi connectivity index (χ1) is 22.5. The molecule has 46 heavy (non-hydrogen) atoms. The maximum atomic E-state index is 13.5. The van der Waals surface area contributed by atoms with Crippen LogP contribution in [-0.4, -0.2) is 23.8 Å². The van der Waals surface area contributed by atoms with Crippen LogP contribution in [-0.2, 0) is 26.2 Å². The highest BCUT2D eigenvalue weighted by Crippen LogP contribution is 2.36. The van der Waals surface area contributed by atoms with E-state index in [-0.39, 0.29) is 17.6 Å². The molecule has 5 aromatic carbocycles. The molecule has 0 saturated carbocycles. The number of hydrogen-bond donors (Lipinski definition) is 2. The van der Waals surface area contributed by atoms with Gasteiger partial charge in [0, 0.05) is 49.7 Å². The maximum Gasteiger partial charge on any atom is 0.255 e. The number of amides is 2. The summed E-state index contributed by atoms with van der Waals surface area (Å²) >= 11 is 0. The largest absolute Gasteiger partial charge is 0.455 e. The fraction of sp³-hybridized carbons (Fsp3) is 0.128. The Hall–Kier alpha value is -5.53. The second-order valence-corrected chi connectivity index (χ2v) is 11.5. The second-order valence-electron chi connectivity index (χ2n) is 11.5. The van der Waals surface area contributed by atoms with Gasteiger partial charge in [0.2, 0.25) is 0 Å².